The highest BCUT2D eigenvalue weighted by molar-refractivity contribution is 8.13. The summed E-state index contributed by atoms with van der Waals surface area (Å²) in [4.78, 5) is 1.76. The Kier molecular flexibility index (Phi) is 3.10. The van der Waals surface area contributed by atoms with Gasteiger partial charge < -0.3 is 5.73 Å². The summed E-state index contributed by atoms with van der Waals surface area (Å²) in [5, 5.41) is 0. The van der Waals surface area contributed by atoms with Gasteiger partial charge in [-0.1, -0.05) is 0 Å². The molecule has 0 unspecified atom stereocenters. The zero-order valence-electron chi connectivity index (χ0n) is 6.92. The Hall–Kier alpha value is -1.02. The minimum Gasteiger partial charge on any atom is -0.395 e. The van der Waals surface area contributed by atoms with Gasteiger partial charge in [-0.25, -0.2) is 21.6 Å². The van der Waals surface area contributed by atoms with Crippen LogP contribution >= 0.6 is 10.7 Å². The first-order chi connectivity index (χ1) is 6.75. The highest BCUT2D eigenvalue weighted by atomic mass is 35.7. The quantitative estimate of drug-likeness (QED) is 0.821. The standard InChI is InChI=1S/C6H4ClF3N2O2S/c7-15(13,14)5-3(11)2(8)1-12-4(5)6(9)10/h1,6H,(H2,11,12). The van der Waals surface area contributed by atoms with Crippen LogP contribution in [0.4, 0.5) is 18.9 Å². The minimum atomic E-state index is -4.57. The largest absolute Gasteiger partial charge is 0.395 e. The van der Waals surface area contributed by atoms with Crippen molar-refractivity contribution >= 4 is 25.4 Å². The maximum Gasteiger partial charge on any atom is 0.281 e. The number of hydrogen-bond donors (Lipinski definition) is 1. The van der Waals surface area contributed by atoms with Crippen molar-refractivity contribution in [1.29, 1.82) is 0 Å². The number of nitrogen functional groups attached to an aromatic ring is 1. The molecule has 0 spiro atoms. The van der Waals surface area contributed by atoms with Gasteiger partial charge in [-0.15, -0.1) is 0 Å². The summed E-state index contributed by atoms with van der Waals surface area (Å²) in [5.41, 5.74) is 2.87. The van der Waals surface area contributed by atoms with Crippen LogP contribution in [0.1, 0.15) is 12.1 Å². The summed E-state index contributed by atoms with van der Waals surface area (Å²) in [6, 6.07) is 0. The number of pyridine rings is 1. The van der Waals surface area contributed by atoms with E-state index < -0.39 is 37.6 Å². The van der Waals surface area contributed by atoms with Crippen molar-refractivity contribution in [2.24, 2.45) is 0 Å². The molecule has 0 aliphatic heterocycles. The average molecular weight is 261 g/mol. The molecule has 1 heterocycles. The number of anilines is 1. The van der Waals surface area contributed by atoms with Crippen LogP contribution in [0.2, 0.25) is 0 Å². The predicted molar refractivity (Wildman–Crippen MR) is 46.6 cm³/mol. The molecule has 0 aromatic carbocycles. The lowest BCUT2D eigenvalue weighted by Gasteiger charge is -2.07. The van der Waals surface area contributed by atoms with E-state index in [9.17, 15) is 21.6 Å². The molecule has 0 saturated carbocycles. The fourth-order valence-electron chi connectivity index (χ4n) is 0.913. The monoisotopic (exact) mass is 260 g/mol. The van der Waals surface area contributed by atoms with Crippen LogP contribution in [0.3, 0.4) is 0 Å². The van der Waals surface area contributed by atoms with Gasteiger partial charge in [0.15, 0.2) is 5.82 Å². The molecule has 4 nitrogen and oxygen atoms in total. The van der Waals surface area contributed by atoms with Crippen molar-refractivity contribution in [1.82, 2.24) is 4.98 Å². The van der Waals surface area contributed by atoms with Gasteiger partial charge >= 0.3 is 0 Å². The maximum absolute atomic E-state index is 12.8. The van der Waals surface area contributed by atoms with Gasteiger partial charge in [-0.2, -0.15) is 0 Å². The van der Waals surface area contributed by atoms with Crippen LogP contribution in [0.15, 0.2) is 11.1 Å². The fourth-order valence-corrected chi connectivity index (χ4v) is 2.15. The summed E-state index contributed by atoms with van der Waals surface area (Å²) in [6.07, 6.45) is -2.81. The lowest BCUT2D eigenvalue weighted by atomic mass is 10.3. The predicted octanol–water partition coefficient (Wildman–Crippen LogP) is 1.67. The maximum atomic E-state index is 12.8. The Bertz CT molecular complexity index is 491. The summed E-state index contributed by atoms with van der Waals surface area (Å²) in [5.74, 6) is -1.22. The number of nitrogens with two attached hydrogens (primary N) is 1. The minimum absolute atomic E-state index is 0.405. The topological polar surface area (TPSA) is 73.0 Å². The number of rotatable bonds is 2. The summed E-state index contributed by atoms with van der Waals surface area (Å²) in [7, 11) is 0.270. The van der Waals surface area contributed by atoms with Gasteiger partial charge in [0, 0.05) is 10.7 Å². The summed E-state index contributed by atoms with van der Waals surface area (Å²) >= 11 is 0. The average Bonchev–Trinajstić information content (AvgIpc) is 2.06. The molecule has 0 atom stereocenters. The normalized spacial score (nSPS) is 12.1. The fraction of sp³-hybridized carbons (Fsp3) is 0.167. The second-order valence-corrected chi connectivity index (χ2v) is 4.98. The van der Waals surface area contributed by atoms with E-state index in [1.54, 1.807) is 0 Å². The number of aromatic nitrogens is 1. The van der Waals surface area contributed by atoms with E-state index in [1.165, 1.54) is 0 Å². The Morgan fingerprint density at radius 2 is 2.00 bits per heavy atom. The first-order valence-corrected chi connectivity index (χ1v) is 5.72. The van der Waals surface area contributed by atoms with Crippen LogP contribution in [0, 0.1) is 5.82 Å². The van der Waals surface area contributed by atoms with E-state index in [1.807, 2.05) is 0 Å². The third-order valence-electron chi connectivity index (χ3n) is 1.50. The molecule has 0 saturated heterocycles. The van der Waals surface area contributed by atoms with Crippen LogP contribution < -0.4 is 5.73 Å². The van der Waals surface area contributed by atoms with Crippen molar-refractivity contribution in [3.8, 4) is 0 Å². The highest BCUT2D eigenvalue weighted by Gasteiger charge is 2.28. The highest BCUT2D eigenvalue weighted by Crippen LogP contribution is 2.32. The van der Waals surface area contributed by atoms with Crippen LogP contribution in [-0.2, 0) is 9.05 Å². The molecular formula is C6H4ClF3N2O2S. The van der Waals surface area contributed by atoms with Crippen LogP contribution in [0.25, 0.3) is 0 Å². The molecule has 0 radical (unpaired) electrons. The number of alkyl halides is 2. The van der Waals surface area contributed by atoms with E-state index in [4.69, 9.17) is 16.4 Å². The number of hydrogen-bond acceptors (Lipinski definition) is 4. The van der Waals surface area contributed by atoms with E-state index >= 15 is 0 Å². The molecule has 15 heavy (non-hydrogen) atoms. The van der Waals surface area contributed by atoms with E-state index in [-0.39, 0.29) is 0 Å². The van der Waals surface area contributed by atoms with Gasteiger partial charge in [0.05, 0.1) is 11.9 Å². The molecule has 1 aromatic rings. The third-order valence-corrected chi connectivity index (χ3v) is 2.88. The second-order valence-electron chi connectivity index (χ2n) is 2.47. The molecule has 0 amide bonds. The number of halogens is 4. The summed E-state index contributed by atoms with van der Waals surface area (Å²) < 4.78 is 59.2. The van der Waals surface area contributed by atoms with Crippen molar-refractivity contribution in [3.05, 3.63) is 17.7 Å². The Morgan fingerprint density at radius 1 is 1.47 bits per heavy atom. The molecule has 0 aliphatic rings. The smallest absolute Gasteiger partial charge is 0.281 e. The van der Waals surface area contributed by atoms with Crippen molar-refractivity contribution < 1.29 is 21.6 Å². The van der Waals surface area contributed by atoms with Gasteiger partial charge in [-0.3, -0.25) is 4.98 Å². The van der Waals surface area contributed by atoms with Crippen molar-refractivity contribution in [2.75, 3.05) is 5.73 Å². The molecule has 0 bridgehead atoms. The van der Waals surface area contributed by atoms with Crippen LogP contribution in [-0.4, -0.2) is 13.4 Å². The lowest BCUT2D eigenvalue weighted by molar-refractivity contribution is 0.142. The van der Waals surface area contributed by atoms with Crippen LogP contribution in [0.5, 0.6) is 0 Å². The first kappa shape index (κ1) is 12.1. The molecule has 84 valence electrons. The molecular weight excluding hydrogens is 257 g/mol. The van der Waals surface area contributed by atoms with E-state index in [0.29, 0.717) is 6.20 Å². The molecule has 9 heteroatoms. The zero-order valence-corrected chi connectivity index (χ0v) is 8.49. The molecule has 1 aromatic heterocycles. The van der Waals surface area contributed by atoms with Gasteiger partial charge in [0.2, 0.25) is 0 Å². The Labute approximate surface area is 87.3 Å². The van der Waals surface area contributed by atoms with Crippen molar-refractivity contribution in [3.63, 3.8) is 0 Å². The SMILES string of the molecule is Nc1c(F)cnc(C(F)F)c1S(=O)(=O)Cl. The first-order valence-electron chi connectivity index (χ1n) is 3.42. The zero-order chi connectivity index (χ0) is 11.8. The van der Waals surface area contributed by atoms with E-state index in [2.05, 4.69) is 4.98 Å². The van der Waals surface area contributed by atoms with Crippen molar-refractivity contribution in [2.45, 2.75) is 11.3 Å². The third kappa shape index (κ3) is 2.32. The molecule has 1 rings (SSSR count). The lowest BCUT2D eigenvalue weighted by Crippen LogP contribution is -2.08. The van der Waals surface area contributed by atoms with Gasteiger partial charge in [-0.05, 0) is 0 Å². The number of nitrogens with zero attached hydrogens (tertiary/aromatic N) is 1. The molecule has 0 fully saturated rings. The van der Waals surface area contributed by atoms with Gasteiger partial charge in [0.25, 0.3) is 15.5 Å². The second kappa shape index (κ2) is 3.86. The summed E-state index contributed by atoms with van der Waals surface area (Å²) in [6.45, 7) is 0. The molecule has 0 aliphatic carbocycles. The van der Waals surface area contributed by atoms with Gasteiger partial charge in [0.1, 0.15) is 10.6 Å². The Balaban J connectivity index is 3.65. The Morgan fingerprint density at radius 3 is 2.40 bits per heavy atom. The van der Waals surface area contributed by atoms with E-state index in [0.717, 1.165) is 0 Å². The molecule has 2 N–H and O–H groups in total.